The van der Waals surface area contributed by atoms with Gasteiger partial charge >= 0.3 is 0 Å². The fourth-order valence-corrected chi connectivity index (χ4v) is 4.18. The number of fused-ring (bicyclic) bond motifs is 1. The van der Waals surface area contributed by atoms with Crippen molar-refractivity contribution in [2.75, 3.05) is 18.0 Å². The van der Waals surface area contributed by atoms with Crippen LogP contribution in [0.2, 0.25) is 0 Å². The van der Waals surface area contributed by atoms with Crippen molar-refractivity contribution in [2.24, 2.45) is 0 Å². The summed E-state index contributed by atoms with van der Waals surface area (Å²) in [6.07, 6.45) is 4.45. The van der Waals surface area contributed by atoms with Crippen LogP contribution in [0.1, 0.15) is 31.3 Å². The maximum atomic E-state index is 2.38. The van der Waals surface area contributed by atoms with E-state index in [-0.39, 0.29) is 24.0 Å². The van der Waals surface area contributed by atoms with Gasteiger partial charge in [0.1, 0.15) is 11.2 Å². The lowest BCUT2D eigenvalue weighted by Crippen LogP contribution is -3.00. The average Bonchev–Trinajstić information content (AvgIpc) is 2.99. The monoisotopic (exact) mass is 464 g/mol. The Morgan fingerprint density at radius 3 is 2.24 bits per heavy atom. The second-order valence-corrected chi connectivity index (χ2v) is 6.81. The Labute approximate surface area is 171 Å². The first-order valence-corrected chi connectivity index (χ1v) is 9.52. The van der Waals surface area contributed by atoms with Gasteiger partial charge in [0, 0.05) is 30.9 Å². The molecular weight excluding hydrogens is 439 g/mol. The van der Waals surface area contributed by atoms with E-state index in [1.807, 2.05) is 11.3 Å². The number of hydrogen-bond donors (Lipinski definition) is 0. The maximum Gasteiger partial charge on any atom is 0.262 e. The van der Waals surface area contributed by atoms with E-state index < -0.39 is 0 Å². The largest absolute Gasteiger partial charge is 1.00 e. The smallest absolute Gasteiger partial charge is 0.262 e. The van der Waals surface area contributed by atoms with Gasteiger partial charge in [-0.25, -0.2) is 0 Å². The van der Waals surface area contributed by atoms with Crippen molar-refractivity contribution in [1.82, 2.24) is 0 Å². The van der Waals surface area contributed by atoms with E-state index in [9.17, 15) is 0 Å². The summed E-state index contributed by atoms with van der Waals surface area (Å²) in [6.45, 7) is 9.68. The lowest BCUT2D eigenvalue weighted by Gasteiger charge is -2.20. The molecule has 0 radical (unpaired) electrons. The van der Waals surface area contributed by atoms with Crippen molar-refractivity contribution in [1.29, 1.82) is 0 Å². The van der Waals surface area contributed by atoms with Crippen LogP contribution in [0.5, 0.6) is 0 Å². The second kappa shape index (κ2) is 9.34. The zero-order valence-electron chi connectivity index (χ0n) is 15.1. The standard InChI is InChI=1S/C21H25N2S.HI/c1-4-22(5-2)18-14-11-17(12-15-18)13-16-21-23(6-3)19-9-7-8-10-20(19)24-21;/h7-16H,4-6H2,1-3H3;1H/q+1;/p-1. The highest BCUT2D eigenvalue weighted by molar-refractivity contribution is 7.18. The molecule has 0 spiro atoms. The van der Waals surface area contributed by atoms with Gasteiger partial charge in [0.25, 0.3) is 5.01 Å². The van der Waals surface area contributed by atoms with Crippen molar-refractivity contribution >= 4 is 39.4 Å². The highest BCUT2D eigenvalue weighted by atomic mass is 127. The topological polar surface area (TPSA) is 7.12 Å². The quantitative estimate of drug-likeness (QED) is 0.401. The number of nitrogens with zero attached hydrogens (tertiary/aromatic N) is 2. The predicted molar refractivity (Wildman–Crippen MR) is 107 cm³/mol. The summed E-state index contributed by atoms with van der Waals surface area (Å²) in [6, 6.07) is 17.4. The lowest BCUT2D eigenvalue weighted by molar-refractivity contribution is -0.665. The summed E-state index contributed by atoms with van der Waals surface area (Å²) in [5.41, 5.74) is 3.86. The lowest BCUT2D eigenvalue weighted by atomic mass is 10.2. The Morgan fingerprint density at radius 2 is 1.60 bits per heavy atom. The molecule has 0 aliphatic heterocycles. The molecule has 0 aliphatic carbocycles. The number of halogens is 1. The summed E-state index contributed by atoms with van der Waals surface area (Å²) >= 11 is 1.85. The molecule has 0 N–H and O–H groups in total. The van der Waals surface area contributed by atoms with E-state index >= 15 is 0 Å². The van der Waals surface area contributed by atoms with Crippen molar-refractivity contribution < 1.29 is 28.5 Å². The molecule has 0 bridgehead atoms. The SMILES string of the molecule is CCN(CC)c1ccc(/C=C/c2sc3ccccc3[n+]2CC)cc1.[I-]. The molecule has 0 unspecified atom stereocenters. The Bertz CT molecular complexity index is 833. The molecule has 0 saturated carbocycles. The van der Waals surface area contributed by atoms with E-state index in [1.165, 1.54) is 26.5 Å². The minimum absolute atomic E-state index is 0. The van der Waals surface area contributed by atoms with Gasteiger partial charge < -0.3 is 28.9 Å². The summed E-state index contributed by atoms with van der Waals surface area (Å²) < 4.78 is 3.72. The number of anilines is 1. The van der Waals surface area contributed by atoms with Crippen molar-refractivity contribution in [2.45, 2.75) is 27.3 Å². The predicted octanol–water partition coefficient (Wildman–Crippen LogP) is 2.23. The van der Waals surface area contributed by atoms with E-state index in [0.717, 1.165) is 19.6 Å². The molecule has 3 rings (SSSR count). The molecule has 2 nitrogen and oxygen atoms in total. The van der Waals surface area contributed by atoms with Crippen LogP contribution in [0.15, 0.2) is 48.5 Å². The van der Waals surface area contributed by atoms with E-state index in [4.69, 9.17) is 0 Å². The van der Waals surface area contributed by atoms with Crippen LogP contribution in [-0.4, -0.2) is 13.1 Å². The Balaban J connectivity index is 0.00000225. The first kappa shape index (κ1) is 19.9. The van der Waals surface area contributed by atoms with Crippen molar-refractivity contribution in [3.05, 3.63) is 59.1 Å². The molecule has 1 aromatic heterocycles. The Morgan fingerprint density at radius 1 is 0.920 bits per heavy atom. The third-order valence-electron chi connectivity index (χ3n) is 4.39. The summed E-state index contributed by atoms with van der Waals surface area (Å²) in [5, 5.41) is 1.30. The number of aryl methyl sites for hydroxylation is 1. The fourth-order valence-electron chi connectivity index (χ4n) is 3.06. The molecular formula is C21H25IN2S. The number of thiazole rings is 1. The Hall–Kier alpha value is -1.40. The second-order valence-electron chi connectivity index (χ2n) is 5.75. The van der Waals surface area contributed by atoms with Gasteiger partial charge in [-0.15, -0.1) is 0 Å². The van der Waals surface area contributed by atoms with Gasteiger partial charge in [-0.2, -0.15) is 4.57 Å². The van der Waals surface area contributed by atoms with Gasteiger partial charge in [-0.1, -0.05) is 35.6 Å². The molecule has 132 valence electrons. The molecule has 0 saturated heterocycles. The molecule has 0 atom stereocenters. The van der Waals surface area contributed by atoms with Gasteiger partial charge in [-0.3, -0.25) is 0 Å². The molecule has 25 heavy (non-hydrogen) atoms. The zero-order chi connectivity index (χ0) is 16.9. The fraction of sp³-hybridized carbons (Fsp3) is 0.286. The highest BCUT2D eigenvalue weighted by Gasteiger charge is 2.15. The molecule has 1 heterocycles. The van der Waals surface area contributed by atoms with Crippen LogP contribution in [0.25, 0.3) is 22.4 Å². The molecule has 3 aromatic rings. The van der Waals surface area contributed by atoms with Crippen molar-refractivity contribution in [3.8, 4) is 0 Å². The minimum atomic E-state index is 0. The van der Waals surface area contributed by atoms with Crippen LogP contribution in [0.4, 0.5) is 5.69 Å². The average molecular weight is 464 g/mol. The van der Waals surface area contributed by atoms with Gasteiger partial charge in [0.15, 0.2) is 0 Å². The number of aromatic nitrogens is 1. The molecule has 0 fully saturated rings. The van der Waals surface area contributed by atoms with Crippen molar-refractivity contribution in [3.63, 3.8) is 0 Å². The van der Waals surface area contributed by atoms with Crippen LogP contribution < -0.4 is 33.4 Å². The van der Waals surface area contributed by atoms with E-state index in [0.29, 0.717) is 0 Å². The first-order valence-electron chi connectivity index (χ1n) is 8.71. The summed E-state index contributed by atoms with van der Waals surface area (Å²) in [5.74, 6) is 0. The number of hydrogen-bond acceptors (Lipinski definition) is 2. The highest BCUT2D eigenvalue weighted by Crippen LogP contribution is 2.22. The third kappa shape index (κ3) is 4.42. The zero-order valence-corrected chi connectivity index (χ0v) is 18.0. The molecule has 4 heteroatoms. The maximum absolute atomic E-state index is 2.38. The van der Waals surface area contributed by atoms with Crippen LogP contribution in [0.3, 0.4) is 0 Å². The third-order valence-corrected chi connectivity index (χ3v) is 5.52. The van der Waals surface area contributed by atoms with Gasteiger partial charge in [0.2, 0.25) is 5.52 Å². The van der Waals surface area contributed by atoms with Crippen LogP contribution >= 0.6 is 11.3 Å². The molecule has 0 amide bonds. The molecule has 2 aromatic carbocycles. The summed E-state index contributed by atoms with van der Waals surface area (Å²) in [4.78, 5) is 2.37. The Kier molecular flexibility index (Phi) is 7.44. The van der Waals surface area contributed by atoms with Crippen LogP contribution in [-0.2, 0) is 6.54 Å². The molecule has 0 aliphatic rings. The minimum Gasteiger partial charge on any atom is -1.00 e. The van der Waals surface area contributed by atoms with Gasteiger partial charge in [-0.05, 0) is 50.6 Å². The van der Waals surface area contributed by atoms with Crippen LogP contribution in [0, 0.1) is 0 Å². The van der Waals surface area contributed by atoms with E-state index in [1.54, 1.807) is 0 Å². The first-order chi connectivity index (χ1) is 11.8. The number of para-hydroxylation sites is 1. The number of rotatable bonds is 6. The summed E-state index contributed by atoms with van der Waals surface area (Å²) in [7, 11) is 0. The normalized spacial score (nSPS) is 11.0. The van der Waals surface area contributed by atoms with Gasteiger partial charge in [0.05, 0.1) is 0 Å². The number of benzene rings is 2. The van der Waals surface area contributed by atoms with E-state index in [2.05, 4.69) is 90.9 Å².